The summed E-state index contributed by atoms with van der Waals surface area (Å²) in [6.45, 7) is 1.94. The lowest BCUT2D eigenvalue weighted by Crippen LogP contribution is -2.21. The Morgan fingerprint density at radius 3 is 2.41 bits per heavy atom. The number of sulfone groups is 1. The van der Waals surface area contributed by atoms with Gasteiger partial charge in [-0.15, -0.1) is 0 Å². The average Bonchev–Trinajstić information content (AvgIpc) is 2.61. The minimum absolute atomic E-state index is 0.0245. The van der Waals surface area contributed by atoms with Crippen molar-refractivity contribution >= 4 is 15.8 Å². The molecule has 0 atom stereocenters. The lowest BCUT2D eigenvalue weighted by Gasteiger charge is -2.07. The largest absolute Gasteiger partial charge is 0.423 e. The van der Waals surface area contributed by atoms with Crippen molar-refractivity contribution in [3.8, 4) is 17.0 Å². The Balaban J connectivity index is 1.87. The van der Waals surface area contributed by atoms with E-state index >= 15 is 0 Å². The minimum atomic E-state index is -3.43. The molecule has 0 bridgehead atoms. The molecule has 1 N–H and O–H groups in total. The molecule has 0 saturated carbocycles. The van der Waals surface area contributed by atoms with Gasteiger partial charge in [0.2, 0.25) is 0 Å². The maximum absolute atomic E-state index is 12.3. The molecule has 0 amide bonds. The normalized spacial score (nSPS) is 11.2. The zero-order chi connectivity index (χ0) is 19.6. The summed E-state index contributed by atoms with van der Waals surface area (Å²) in [7, 11) is -3.43. The second-order valence-electron chi connectivity index (χ2n) is 6.12. The highest BCUT2D eigenvalue weighted by molar-refractivity contribution is 7.90. The number of hydrogen-bond donors (Lipinski definition) is 1. The molecule has 0 aliphatic heterocycles. The third kappa shape index (κ3) is 4.32. The molecule has 0 radical (unpaired) electrons. The third-order valence-corrected chi connectivity index (χ3v) is 5.01. The van der Waals surface area contributed by atoms with Crippen LogP contribution in [0.5, 0.6) is 5.75 Å². The molecule has 0 saturated heterocycles. The van der Waals surface area contributed by atoms with E-state index in [9.17, 15) is 18.0 Å². The zero-order valence-corrected chi connectivity index (χ0v) is 15.5. The molecule has 0 unspecified atom stereocenters. The van der Waals surface area contributed by atoms with Crippen molar-refractivity contribution in [1.29, 1.82) is 0 Å². The summed E-state index contributed by atoms with van der Waals surface area (Å²) in [5.41, 5.74) is 1.70. The van der Waals surface area contributed by atoms with E-state index in [2.05, 4.69) is 4.98 Å². The zero-order valence-electron chi connectivity index (χ0n) is 14.7. The molecule has 0 aliphatic rings. The Hall–Kier alpha value is -3.19. The summed E-state index contributed by atoms with van der Waals surface area (Å²) in [4.78, 5) is 27.3. The van der Waals surface area contributed by atoms with Gasteiger partial charge in [-0.05, 0) is 48.9 Å². The molecular formula is C20H17NO5S. The number of pyridine rings is 1. The van der Waals surface area contributed by atoms with Crippen LogP contribution < -0.4 is 10.3 Å². The number of hydrogen-bond acceptors (Lipinski definition) is 5. The molecule has 2 aromatic carbocycles. The molecule has 138 valence electrons. The van der Waals surface area contributed by atoms with Gasteiger partial charge in [0.25, 0.3) is 5.56 Å². The van der Waals surface area contributed by atoms with Crippen LogP contribution in [0.25, 0.3) is 11.3 Å². The summed E-state index contributed by atoms with van der Waals surface area (Å²) < 4.78 is 28.3. The van der Waals surface area contributed by atoms with E-state index < -0.39 is 21.4 Å². The first-order valence-electron chi connectivity index (χ1n) is 8.07. The van der Waals surface area contributed by atoms with E-state index in [0.29, 0.717) is 5.69 Å². The van der Waals surface area contributed by atoms with E-state index in [1.54, 1.807) is 6.07 Å². The standard InChI is InChI=1S/C20H17NO5S/c1-13-5-3-6-14(11-13)18-10-9-17(19(22)21-18)20(23)26-15-7-4-8-16(12-15)27(2,24)25/h3-12H,1-2H3,(H,21,22). The van der Waals surface area contributed by atoms with Gasteiger partial charge < -0.3 is 9.72 Å². The summed E-state index contributed by atoms with van der Waals surface area (Å²) in [6, 6.07) is 16.1. The molecule has 3 rings (SSSR count). The number of aromatic nitrogens is 1. The Morgan fingerprint density at radius 2 is 1.74 bits per heavy atom. The van der Waals surface area contributed by atoms with Crippen molar-refractivity contribution in [1.82, 2.24) is 4.98 Å². The van der Waals surface area contributed by atoms with Crippen LogP contribution in [0.15, 0.2) is 70.4 Å². The quantitative estimate of drug-likeness (QED) is 0.552. The Morgan fingerprint density at radius 1 is 1.00 bits per heavy atom. The number of aromatic amines is 1. The van der Waals surface area contributed by atoms with Gasteiger partial charge in [0.15, 0.2) is 9.84 Å². The first kappa shape index (κ1) is 18.6. The summed E-state index contributed by atoms with van der Waals surface area (Å²) in [5.74, 6) is -0.817. The first-order chi connectivity index (χ1) is 12.7. The molecule has 0 aliphatic carbocycles. The molecule has 1 aromatic heterocycles. The van der Waals surface area contributed by atoms with Crippen LogP contribution in [0.1, 0.15) is 15.9 Å². The number of benzene rings is 2. The SMILES string of the molecule is Cc1cccc(-c2ccc(C(=O)Oc3cccc(S(C)(=O)=O)c3)c(=O)[nH]2)c1. The van der Waals surface area contributed by atoms with Crippen LogP contribution in [0.3, 0.4) is 0 Å². The highest BCUT2D eigenvalue weighted by atomic mass is 32.2. The molecule has 1 heterocycles. The van der Waals surface area contributed by atoms with Gasteiger partial charge >= 0.3 is 5.97 Å². The molecule has 6 nitrogen and oxygen atoms in total. The topological polar surface area (TPSA) is 93.3 Å². The van der Waals surface area contributed by atoms with Gasteiger partial charge in [-0.3, -0.25) is 4.79 Å². The Kier molecular flexibility index (Phi) is 4.96. The van der Waals surface area contributed by atoms with Crippen molar-refractivity contribution in [3.05, 3.63) is 82.1 Å². The van der Waals surface area contributed by atoms with Crippen molar-refractivity contribution < 1.29 is 17.9 Å². The third-order valence-electron chi connectivity index (χ3n) is 3.90. The van der Waals surface area contributed by atoms with E-state index in [1.807, 2.05) is 31.2 Å². The maximum atomic E-state index is 12.3. The van der Waals surface area contributed by atoms with E-state index in [0.717, 1.165) is 17.4 Å². The second kappa shape index (κ2) is 7.20. The van der Waals surface area contributed by atoms with Crippen molar-refractivity contribution in [2.45, 2.75) is 11.8 Å². The maximum Gasteiger partial charge on any atom is 0.349 e. The smallest absolute Gasteiger partial charge is 0.349 e. The number of carbonyl (C=O) groups excluding carboxylic acids is 1. The van der Waals surface area contributed by atoms with Crippen LogP contribution in [0, 0.1) is 6.92 Å². The summed E-state index contributed by atoms with van der Waals surface area (Å²) in [5, 5.41) is 0. The molecular weight excluding hydrogens is 366 g/mol. The van der Waals surface area contributed by atoms with Gasteiger partial charge in [-0.2, -0.15) is 0 Å². The second-order valence-corrected chi connectivity index (χ2v) is 8.14. The van der Waals surface area contributed by atoms with E-state index in [1.165, 1.54) is 30.3 Å². The monoisotopic (exact) mass is 383 g/mol. The van der Waals surface area contributed by atoms with E-state index in [4.69, 9.17) is 4.74 Å². The highest BCUT2D eigenvalue weighted by Crippen LogP contribution is 2.19. The number of nitrogens with one attached hydrogen (secondary N) is 1. The van der Waals surface area contributed by atoms with Crippen LogP contribution in [0.2, 0.25) is 0 Å². The van der Waals surface area contributed by atoms with E-state index in [-0.39, 0.29) is 16.2 Å². The van der Waals surface area contributed by atoms with Crippen molar-refractivity contribution in [2.75, 3.05) is 6.26 Å². The molecule has 0 fully saturated rings. The highest BCUT2D eigenvalue weighted by Gasteiger charge is 2.15. The number of aryl methyl sites for hydroxylation is 1. The van der Waals surface area contributed by atoms with Gasteiger partial charge in [0.05, 0.1) is 4.90 Å². The van der Waals surface area contributed by atoms with Crippen LogP contribution in [-0.2, 0) is 9.84 Å². The predicted octanol–water partition coefficient (Wildman–Crippen LogP) is 2.97. The van der Waals surface area contributed by atoms with Crippen molar-refractivity contribution in [3.63, 3.8) is 0 Å². The van der Waals surface area contributed by atoms with Crippen LogP contribution in [0.4, 0.5) is 0 Å². The Labute approximate surface area is 156 Å². The van der Waals surface area contributed by atoms with Crippen LogP contribution >= 0.6 is 0 Å². The lowest BCUT2D eigenvalue weighted by molar-refractivity contribution is 0.0732. The summed E-state index contributed by atoms with van der Waals surface area (Å²) >= 11 is 0. The lowest BCUT2D eigenvalue weighted by atomic mass is 10.1. The number of ether oxygens (including phenoxy) is 1. The first-order valence-corrected chi connectivity index (χ1v) is 9.96. The minimum Gasteiger partial charge on any atom is -0.423 e. The van der Waals surface area contributed by atoms with Gasteiger partial charge in [-0.25, -0.2) is 13.2 Å². The fraction of sp³-hybridized carbons (Fsp3) is 0.100. The van der Waals surface area contributed by atoms with Crippen LogP contribution in [-0.4, -0.2) is 25.6 Å². The van der Waals surface area contributed by atoms with Gasteiger partial charge in [0.1, 0.15) is 11.3 Å². The Bertz CT molecular complexity index is 1180. The number of carbonyl (C=O) groups is 1. The summed E-state index contributed by atoms with van der Waals surface area (Å²) in [6.07, 6.45) is 1.06. The molecule has 7 heteroatoms. The predicted molar refractivity (Wildman–Crippen MR) is 102 cm³/mol. The number of esters is 1. The molecule has 3 aromatic rings. The fourth-order valence-electron chi connectivity index (χ4n) is 2.55. The number of H-pyrrole nitrogens is 1. The fourth-order valence-corrected chi connectivity index (χ4v) is 3.20. The van der Waals surface area contributed by atoms with Gasteiger partial charge in [-0.1, -0.05) is 29.8 Å². The number of rotatable bonds is 4. The molecule has 27 heavy (non-hydrogen) atoms. The van der Waals surface area contributed by atoms with Crippen molar-refractivity contribution in [2.24, 2.45) is 0 Å². The molecule has 0 spiro atoms. The average molecular weight is 383 g/mol. The van der Waals surface area contributed by atoms with Gasteiger partial charge in [0, 0.05) is 11.9 Å².